The molecule has 0 saturated carbocycles. The number of carbonyl (C=O) groups excluding carboxylic acids is 1. The highest BCUT2D eigenvalue weighted by atomic mass is 16.5. The maximum atomic E-state index is 10.4. The van der Waals surface area contributed by atoms with Crippen molar-refractivity contribution < 1.29 is 9.53 Å². The molecule has 1 aromatic carbocycles. The number of carbonyl (C=O) groups is 1. The molecule has 0 bridgehead atoms. The zero-order valence-corrected chi connectivity index (χ0v) is 7.77. The second-order valence-electron chi connectivity index (χ2n) is 2.93. The molecule has 0 aromatic heterocycles. The van der Waals surface area contributed by atoms with Crippen LogP contribution < -0.4 is 0 Å². The predicted molar refractivity (Wildman–Crippen MR) is 51.6 cm³/mol. The Labute approximate surface area is 78.5 Å². The number of hydrogen-bond acceptors (Lipinski definition) is 2. The number of benzene rings is 1. The number of aryl methyl sites for hydroxylation is 1. The standard InChI is InChI=1S/C11H14O2/c1-13-11(9-12)8-7-10-5-3-2-4-6-10/h2-6,9,11H,7-8H2,1H3/t11-/m0/s1. The van der Waals surface area contributed by atoms with Crippen LogP contribution in [0.25, 0.3) is 0 Å². The largest absolute Gasteiger partial charge is 0.374 e. The highest BCUT2D eigenvalue weighted by molar-refractivity contribution is 5.55. The fourth-order valence-corrected chi connectivity index (χ4v) is 1.20. The van der Waals surface area contributed by atoms with E-state index in [1.54, 1.807) is 7.11 Å². The lowest BCUT2D eigenvalue weighted by molar-refractivity contribution is -0.116. The third-order valence-electron chi connectivity index (χ3n) is 2.01. The molecule has 0 spiro atoms. The molecule has 0 radical (unpaired) electrons. The highest BCUT2D eigenvalue weighted by Crippen LogP contribution is 2.05. The lowest BCUT2D eigenvalue weighted by atomic mass is 10.1. The molecule has 0 fully saturated rings. The summed E-state index contributed by atoms with van der Waals surface area (Å²) in [6, 6.07) is 10.1. The Bertz CT molecular complexity index is 244. The molecule has 0 unspecified atom stereocenters. The molecule has 0 aliphatic rings. The Kier molecular flexibility index (Phi) is 4.19. The first kappa shape index (κ1) is 9.93. The van der Waals surface area contributed by atoms with Crippen molar-refractivity contribution in [1.82, 2.24) is 0 Å². The molecule has 2 heteroatoms. The first-order chi connectivity index (χ1) is 6.36. The molecule has 1 rings (SSSR count). The molecule has 0 aliphatic carbocycles. The van der Waals surface area contributed by atoms with Gasteiger partial charge in [-0.3, -0.25) is 0 Å². The first-order valence-corrected chi connectivity index (χ1v) is 4.39. The fraction of sp³-hybridized carbons (Fsp3) is 0.364. The summed E-state index contributed by atoms with van der Waals surface area (Å²) in [5.74, 6) is 0. The number of hydrogen-bond donors (Lipinski definition) is 0. The van der Waals surface area contributed by atoms with Gasteiger partial charge in [0.05, 0.1) is 0 Å². The lowest BCUT2D eigenvalue weighted by Gasteiger charge is -2.07. The molecule has 13 heavy (non-hydrogen) atoms. The van der Waals surface area contributed by atoms with Gasteiger partial charge in [0, 0.05) is 7.11 Å². The van der Waals surface area contributed by atoms with Gasteiger partial charge in [0.1, 0.15) is 12.4 Å². The molecule has 0 aliphatic heterocycles. The summed E-state index contributed by atoms with van der Waals surface area (Å²) in [6.07, 6.45) is 2.23. The molecule has 2 nitrogen and oxygen atoms in total. The minimum absolute atomic E-state index is 0.264. The van der Waals surface area contributed by atoms with Crippen molar-refractivity contribution >= 4 is 6.29 Å². The van der Waals surface area contributed by atoms with Crippen LogP contribution in [0.1, 0.15) is 12.0 Å². The summed E-state index contributed by atoms with van der Waals surface area (Å²) in [5, 5.41) is 0. The Morgan fingerprint density at radius 2 is 2.08 bits per heavy atom. The van der Waals surface area contributed by atoms with Crippen LogP contribution in [0.3, 0.4) is 0 Å². The fourth-order valence-electron chi connectivity index (χ4n) is 1.20. The molecule has 0 heterocycles. The molecule has 1 aromatic rings. The summed E-state index contributed by atoms with van der Waals surface area (Å²) >= 11 is 0. The van der Waals surface area contributed by atoms with Gasteiger partial charge in [0.25, 0.3) is 0 Å². The number of methoxy groups -OCH3 is 1. The summed E-state index contributed by atoms with van der Waals surface area (Å²) in [6.45, 7) is 0. The van der Waals surface area contributed by atoms with Gasteiger partial charge in [-0.2, -0.15) is 0 Å². The van der Waals surface area contributed by atoms with Crippen molar-refractivity contribution in [3.8, 4) is 0 Å². The van der Waals surface area contributed by atoms with Crippen LogP contribution in [0.5, 0.6) is 0 Å². The van der Waals surface area contributed by atoms with E-state index < -0.39 is 0 Å². The van der Waals surface area contributed by atoms with Gasteiger partial charge in [-0.1, -0.05) is 30.3 Å². The zero-order chi connectivity index (χ0) is 9.52. The number of aldehydes is 1. The van der Waals surface area contributed by atoms with Crippen LogP contribution in [0.2, 0.25) is 0 Å². The van der Waals surface area contributed by atoms with Gasteiger partial charge < -0.3 is 9.53 Å². The van der Waals surface area contributed by atoms with E-state index in [4.69, 9.17) is 4.74 Å². The van der Waals surface area contributed by atoms with E-state index in [9.17, 15) is 4.79 Å². The van der Waals surface area contributed by atoms with Gasteiger partial charge >= 0.3 is 0 Å². The Morgan fingerprint density at radius 3 is 2.62 bits per heavy atom. The SMILES string of the molecule is CO[C@H](C=O)CCc1ccccc1. The first-order valence-electron chi connectivity index (χ1n) is 4.39. The van der Waals surface area contributed by atoms with Gasteiger partial charge in [0.15, 0.2) is 0 Å². The van der Waals surface area contributed by atoms with Crippen LogP contribution >= 0.6 is 0 Å². The van der Waals surface area contributed by atoms with Crippen LogP contribution in [-0.4, -0.2) is 19.5 Å². The average molecular weight is 178 g/mol. The van der Waals surface area contributed by atoms with Crippen molar-refractivity contribution in [3.63, 3.8) is 0 Å². The van der Waals surface area contributed by atoms with E-state index in [0.717, 1.165) is 19.1 Å². The summed E-state index contributed by atoms with van der Waals surface area (Å²) < 4.78 is 4.95. The predicted octanol–water partition coefficient (Wildman–Crippen LogP) is 1.83. The van der Waals surface area contributed by atoms with Crippen molar-refractivity contribution in [3.05, 3.63) is 35.9 Å². The Morgan fingerprint density at radius 1 is 1.38 bits per heavy atom. The van der Waals surface area contributed by atoms with Crippen LogP contribution in [-0.2, 0) is 16.0 Å². The summed E-state index contributed by atoms with van der Waals surface area (Å²) in [4.78, 5) is 10.4. The van der Waals surface area contributed by atoms with Gasteiger partial charge in [-0.25, -0.2) is 0 Å². The van der Waals surface area contributed by atoms with E-state index in [1.165, 1.54) is 5.56 Å². The monoisotopic (exact) mass is 178 g/mol. The van der Waals surface area contributed by atoms with Crippen LogP contribution in [0.15, 0.2) is 30.3 Å². The Hall–Kier alpha value is -1.15. The second-order valence-corrected chi connectivity index (χ2v) is 2.93. The summed E-state index contributed by atoms with van der Waals surface area (Å²) in [5.41, 5.74) is 1.24. The maximum Gasteiger partial charge on any atom is 0.148 e. The highest BCUT2D eigenvalue weighted by Gasteiger charge is 2.04. The third-order valence-corrected chi connectivity index (χ3v) is 2.01. The third kappa shape index (κ3) is 3.38. The van der Waals surface area contributed by atoms with Crippen molar-refractivity contribution in [2.45, 2.75) is 18.9 Å². The summed E-state index contributed by atoms with van der Waals surface area (Å²) in [7, 11) is 1.56. The van der Waals surface area contributed by atoms with Gasteiger partial charge in [-0.15, -0.1) is 0 Å². The number of rotatable bonds is 5. The van der Waals surface area contributed by atoms with E-state index in [-0.39, 0.29) is 6.10 Å². The molecule has 0 amide bonds. The van der Waals surface area contributed by atoms with Crippen molar-refractivity contribution in [2.75, 3.05) is 7.11 Å². The smallest absolute Gasteiger partial charge is 0.148 e. The van der Waals surface area contributed by atoms with Gasteiger partial charge in [-0.05, 0) is 18.4 Å². The van der Waals surface area contributed by atoms with Crippen molar-refractivity contribution in [1.29, 1.82) is 0 Å². The maximum absolute atomic E-state index is 10.4. The van der Waals surface area contributed by atoms with Crippen LogP contribution in [0.4, 0.5) is 0 Å². The zero-order valence-electron chi connectivity index (χ0n) is 7.77. The van der Waals surface area contributed by atoms with E-state index in [2.05, 4.69) is 12.1 Å². The molecule has 0 saturated heterocycles. The Balaban J connectivity index is 2.38. The van der Waals surface area contributed by atoms with E-state index >= 15 is 0 Å². The normalized spacial score (nSPS) is 12.4. The quantitative estimate of drug-likeness (QED) is 0.643. The molecule has 0 N–H and O–H groups in total. The molecule has 70 valence electrons. The molecule has 1 atom stereocenters. The topological polar surface area (TPSA) is 26.3 Å². The molecular weight excluding hydrogens is 164 g/mol. The minimum Gasteiger partial charge on any atom is -0.374 e. The van der Waals surface area contributed by atoms with E-state index in [1.807, 2.05) is 18.2 Å². The van der Waals surface area contributed by atoms with Crippen molar-refractivity contribution in [2.24, 2.45) is 0 Å². The van der Waals surface area contributed by atoms with Gasteiger partial charge in [0.2, 0.25) is 0 Å². The van der Waals surface area contributed by atoms with E-state index in [0.29, 0.717) is 0 Å². The average Bonchev–Trinajstić information content (AvgIpc) is 2.21. The lowest BCUT2D eigenvalue weighted by Crippen LogP contribution is -2.12. The molecular formula is C11H14O2. The minimum atomic E-state index is -0.264. The number of ether oxygens (including phenoxy) is 1. The van der Waals surface area contributed by atoms with Crippen LogP contribution in [0, 0.1) is 0 Å². The second kappa shape index (κ2) is 5.49.